The lowest BCUT2D eigenvalue weighted by Crippen LogP contribution is -2.13. The fraction of sp³-hybridized carbons (Fsp3) is 0.0400. The van der Waals surface area contributed by atoms with E-state index in [1.807, 2.05) is 30.3 Å². The average molecular weight is 552 g/mol. The van der Waals surface area contributed by atoms with Gasteiger partial charge in [0.25, 0.3) is 5.91 Å². The van der Waals surface area contributed by atoms with Gasteiger partial charge in [-0.1, -0.05) is 52.3 Å². The molecule has 7 heteroatoms. The number of carbonyl (C=O) groups is 1. The summed E-state index contributed by atoms with van der Waals surface area (Å²) < 4.78 is 12.9. The van der Waals surface area contributed by atoms with Crippen molar-refractivity contribution in [2.45, 2.75) is 0 Å². The van der Waals surface area contributed by atoms with Gasteiger partial charge < -0.3 is 14.5 Å². The third kappa shape index (κ3) is 3.78. The molecule has 0 spiro atoms. The fourth-order valence-corrected chi connectivity index (χ4v) is 5.05. The molecule has 0 saturated heterocycles. The topological polar surface area (TPSA) is 64.4 Å². The predicted molar refractivity (Wildman–Crippen MR) is 133 cm³/mol. The minimum atomic E-state index is -0.291. The van der Waals surface area contributed by atoms with E-state index in [0.717, 1.165) is 20.8 Å². The standard InChI is InChI=1S/C25H16Br2N2O3/c1-31-23-19(11-15(26)12-20(23)27)24(30)28-16-9-10-22-21(13-16)29-25(32-22)18-8-4-6-14-5-2-3-7-17(14)18/h2-13H,1H3,(H,28,30). The molecule has 1 N–H and O–H groups in total. The highest BCUT2D eigenvalue weighted by molar-refractivity contribution is 9.11. The molecular weight excluding hydrogens is 536 g/mol. The summed E-state index contributed by atoms with van der Waals surface area (Å²) in [5, 5.41) is 5.11. The number of fused-ring (bicyclic) bond motifs is 2. The normalized spacial score (nSPS) is 11.1. The number of aromatic nitrogens is 1. The highest BCUT2D eigenvalue weighted by atomic mass is 79.9. The number of nitrogens with zero attached hydrogens (tertiary/aromatic N) is 1. The van der Waals surface area contributed by atoms with Gasteiger partial charge in [-0.3, -0.25) is 4.79 Å². The van der Waals surface area contributed by atoms with Gasteiger partial charge in [0.15, 0.2) is 5.58 Å². The molecule has 0 unspecified atom stereocenters. The van der Waals surface area contributed by atoms with Crippen molar-refractivity contribution in [2.75, 3.05) is 12.4 Å². The van der Waals surface area contributed by atoms with Gasteiger partial charge in [-0.05, 0) is 63.1 Å². The van der Waals surface area contributed by atoms with Crippen LogP contribution in [0.25, 0.3) is 33.3 Å². The van der Waals surface area contributed by atoms with Crippen molar-refractivity contribution in [1.82, 2.24) is 4.98 Å². The highest BCUT2D eigenvalue weighted by Gasteiger charge is 2.18. The second kappa shape index (κ2) is 8.41. The van der Waals surface area contributed by atoms with Crippen molar-refractivity contribution >= 4 is 65.3 Å². The molecule has 158 valence electrons. The fourth-order valence-electron chi connectivity index (χ4n) is 3.67. The van der Waals surface area contributed by atoms with Gasteiger partial charge in [0, 0.05) is 15.7 Å². The van der Waals surface area contributed by atoms with Crippen LogP contribution in [-0.4, -0.2) is 18.0 Å². The Kier molecular flexibility index (Phi) is 5.45. The van der Waals surface area contributed by atoms with Crippen molar-refractivity contribution in [3.8, 4) is 17.2 Å². The number of benzene rings is 4. The zero-order chi connectivity index (χ0) is 22.2. The number of carbonyl (C=O) groups excluding carboxylic acids is 1. The maximum atomic E-state index is 12.9. The lowest BCUT2D eigenvalue weighted by atomic mass is 10.0. The van der Waals surface area contributed by atoms with Crippen LogP contribution in [0.4, 0.5) is 5.69 Å². The smallest absolute Gasteiger partial charge is 0.259 e. The Morgan fingerprint density at radius 1 is 1.00 bits per heavy atom. The number of methoxy groups -OCH3 is 1. The van der Waals surface area contributed by atoms with Crippen LogP contribution in [-0.2, 0) is 0 Å². The summed E-state index contributed by atoms with van der Waals surface area (Å²) in [6.07, 6.45) is 0. The zero-order valence-electron chi connectivity index (χ0n) is 16.9. The molecule has 32 heavy (non-hydrogen) atoms. The Labute approximate surface area is 200 Å². The molecule has 0 aliphatic carbocycles. The lowest BCUT2D eigenvalue weighted by Gasteiger charge is -2.11. The summed E-state index contributed by atoms with van der Waals surface area (Å²) in [6, 6.07) is 23.1. The maximum absolute atomic E-state index is 12.9. The zero-order valence-corrected chi connectivity index (χ0v) is 20.0. The Morgan fingerprint density at radius 2 is 1.81 bits per heavy atom. The number of ether oxygens (including phenoxy) is 1. The summed E-state index contributed by atoms with van der Waals surface area (Å²) in [6.45, 7) is 0. The molecule has 4 aromatic carbocycles. The molecular formula is C25H16Br2N2O3. The molecule has 5 nitrogen and oxygen atoms in total. The van der Waals surface area contributed by atoms with Gasteiger partial charge in [-0.25, -0.2) is 4.98 Å². The van der Waals surface area contributed by atoms with E-state index in [1.165, 1.54) is 7.11 Å². The lowest BCUT2D eigenvalue weighted by molar-refractivity contribution is 0.102. The summed E-state index contributed by atoms with van der Waals surface area (Å²) in [5.74, 6) is 0.713. The first-order valence-corrected chi connectivity index (χ1v) is 11.4. The number of oxazole rings is 1. The summed E-state index contributed by atoms with van der Waals surface area (Å²) in [7, 11) is 1.53. The Morgan fingerprint density at radius 3 is 2.66 bits per heavy atom. The van der Waals surface area contributed by atoms with E-state index in [1.54, 1.807) is 24.3 Å². The molecule has 0 bridgehead atoms. The number of hydrogen-bond donors (Lipinski definition) is 1. The van der Waals surface area contributed by atoms with Crippen LogP contribution >= 0.6 is 31.9 Å². The molecule has 0 aliphatic rings. The van der Waals surface area contributed by atoms with Gasteiger partial charge in [0.1, 0.15) is 11.3 Å². The van der Waals surface area contributed by atoms with Crippen molar-refractivity contribution in [1.29, 1.82) is 0 Å². The van der Waals surface area contributed by atoms with Crippen molar-refractivity contribution in [3.05, 3.63) is 87.3 Å². The minimum Gasteiger partial charge on any atom is -0.495 e. The number of rotatable bonds is 4. The van der Waals surface area contributed by atoms with E-state index >= 15 is 0 Å². The number of anilines is 1. The number of amides is 1. The Bertz CT molecular complexity index is 1490. The minimum absolute atomic E-state index is 0.291. The molecule has 0 aliphatic heterocycles. The van der Waals surface area contributed by atoms with Gasteiger partial charge in [0.2, 0.25) is 5.89 Å². The third-order valence-electron chi connectivity index (χ3n) is 5.12. The van der Waals surface area contributed by atoms with E-state index in [4.69, 9.17) is 9.15 Å². The largest absolute Gasteiger partial charge is 0.495 e. The highest BCUT2D eigenvalue weighted by Crippen LogP contribution is 2.34. The van der Waals surface area contributed by atoms with Gasteiger partial charge >= 0.3 is 0 Å². The molecule has 1 amide bonds. The van der Waals surface area contributed by atoms with E-state index < -0.39 is 0 Å². The second-order valence-corrected chi connectivity index (χ2v) is 8.92. The van der Waals surface area contributed by atoms with E-state index in [9.17, 15) is 4.79 Å². The van der Waals surface area contributed by atoms with E-state index in [2.05, 4.69) is 60.4 Å². The molecule has 0 radical (unpaired) electrons. The Hall–Kier alpha value is -3.16. The predicted octanol–water partition coefficient (Wildman–Crippen LogP) is 7.43. The maximum Gasteiger partial charge on any atom is 0.259 e. The molecule has 5 rings (SSSR count). The number of hydrogen-bond acceptors (Lipinski definition) is 4. The van der Waals surface area contributed by atoms with Crippen LogP contribution in [0.5, 0.6) is 5.75 Å². The molecule has 1 heterocycles. The van der Waals surface area contributed by atoms with Crippen LogP contribution in [0.2, 0.25) is 0 Å². The van der Waals surface area contributed by atoms with E-state index in [-0.39, 0.29) is 5.91 Å². The summed E-state index contributed by atoms with van der Waals surface area (Å²) in [4.78, 5) is 17.6. The first kappa shape index (κ1) is 20.7. The molecule has 0 atom stereocenters. The quantitative estimate of drug-likeness (QED) is 0.252. The van der Waals surface area contributed by atoms with Crippen LogP contribution in [0, 0.1) is 0 Å². The molecule has 0 fully saturated rings. The monoisotopic (exact) mass is 550 g/mol. The first-order valence-electron chi connectivity index (χ1n) is 9.76. The number of halogens is 2. The second-order valence-electron chi connectivity index (χ2n) is 7.15. The van der Waals surface area contributed by atoms with Gasteiger partial charge in [-0.2, -0.15) is 0 Å². The summed E-state index contributed by atoms with van der Waals surface area (Å²) >= 11 is 6.85. The third-order valence-corrected chi connectivity index (χ3v) is 6.17. The average Bonchev–Trinajstić information content (AvgIpc) is 3.21. The molecule has 0 saturated carbocycles. The first-order chi connectivity index (χ1) is 15.5. The Balaban J connectivity index is 1.49. The van der Waals surface area contributed by atoms with Gasteiger partial charge in [0.05, 0.1) is 17.1 Å². The molecule has 5 aromatic rings. The van der Waals surface area contributed by atoms with Gasteiger partial charge in [-0.15, -0.1) is 0 Å². The van der Waals surface area contributed by atoms with Crippen molar-refractivity contribution in [2.24, 2.45) is 0 Å². The molecule has 1 aromatic heterocycles. The van der Waals surface area contributed by atoms with Crippen LogP contribution in [0.3, 0.4) is 0 Å². The number of nitrogens with one attached hydrogen (secondary N) is 1. The van der Waals surface area contributed by atoms with E-state index in [0.29, 0.717) is 38.5 Å². The van der Waals surface area contributed by atoms with Crippen LogP contribution in [0.15, 0.2) is 86.2 Å². The SMILES string of the molecule is COc1c(Br)cc(Br)cc1C(=O)Nc1ccc2oc(-c3cccc4ccccc34)nc2c1. The van der Waals surface area contributed by atoms with Crippen LogP contribution in [0.1, 0.15) is 10.4 Å². The van der Waals surface area contributed by atoms with Crippen molar-refractivity contribution in [3.63, 3.8) is 0 Å². The summed E-state index contributed by atoms with van der Waals surface area (Å²) in [5.41, 5.74) is 3.25. The van der Waals surface area contributed by atoms with Crippen molar-refractivity contribution < 1.29 is 13.9 Å². The van der Waals surface area contributed by atoms with Crippen LogP contribution < -0.4 is 10.1 Å².